The Hall–Kier alpha value is -1.45. The lowest BCUT2D eigenvalue weighted by atomic mass is 10.3. The number of nitrogens with two attached hydrogens (primary N) is 1. The smallest absolute Gasteiger partial charge is 0.239 e. The number of pyridine rings is 1. The molecule has 0 unspecified atom stereocenters. The van der Waals surface area contributed by atoms with Gasteiger partial charge in [0, 0.05) is 13.1 Å². The SMILES string of the molecule is CCOc1nc(N(CC)CC)ccc1N. The number of ether oxygens (including phenoxy) is 1. The van der Waals surface area contributed by atoms with Gasteiger partial charge in [0.05, 0.1) is 12.3 Å². The summed E-state index contributed by atoms with van der Waals surface area (Å²) in [6, 6.07) is 3.76. The van der Waals surface area contributed by atoms with Crippen LogP contribution in [0.15, 0.2) is 12.1 Å². The highest BCUT2D eigenvalue weighted by Crippen LogP contribution is 2.22. The number of rotatable bonds is 5. The zero-order valence-electron chi connectivity index (χ0n) is 9.66. The molecule has 1 heterocycles. The Bertz CT molecular complexity index is 311. The van der Waals surface area contributed by atoms with Crippen molar-refractivity contribution < 1.29 is 4.74 Å². The van der Waals surface area contributed by atoms with Crippen molar-refractivity contribution in [1.82, 2.24) is 4.98 Å². The standard InChI is InChI=1S/C11H19N3O/c1-4-14(5-2)10-8-7-9(12)11(13-10)15-6-3/h7-8H,4-6,12H2,1-3H3. The number of aromatic nitrogens is 1. The molecule has 1 aromatic heterocycles. The molecule has 15 heavy (non-hydrogen) atoms. The molecule has 0 aliphatic carbocycles. The van der Waals surface area contributed by atoms with Gasteiger partial charge in [-0.05, 0) is 32.9 Å². The van der Waals surface area contributed by atoms with E-state index < -0.39 is 0 Å². The molecule has 0 aromatic carbocycles. The predicted octanol–water partition coefficient (Wildman–Crippen LogP) is 1.91. The van der Waals surface area contributed by atoms with Crippen molar-refractivity contribution in [2.75, 3.05) is 30.3 Å². The van der Waals surface area contributed by atoms with E-state index in [4.69, 9.17) is 10.5 Å². The van der Waals surface area contributed by atoms with Crippen molar-refractivity contribution in [2.24, 2.45) is 0 Å². The van der Waals surface area contributed by atoms with Gasteiger partial charge in [0.25, 0.3) is 0 Å². The highest BCUT2D eigenvalue weighted by atomic mass is 16.5. The van der Waals surface area contributed by atoms with E-state index in [1.165, 1.54) is 0 Å². The summed E-state index contributed by atoms with van der Waals surface area (Å²) in [6.45, 7) is 8.56. The molecule has 0 saturated heterocycles. The minimum absolute atomic E-state index is 0.530. The Morgan fingerprint density at radius 2 is 1.93 bits per heavy atom. The summed E-state index contributed by atoms with van der Waals surface area (Å²) in [5, 5.41) is 0. The van der Waals surface area contributed by atoms with E-state index in [9.17, 15) is 0 Å². The zero-order chi connectivity index (χ0) is 11.3. The minimum Gasteiger partial charge on any atom is -0.476 e. The van der Waals surface area contributed by atoms with Gasteiger partial charge in [-0.3, -0.25) is 0 Å². The first kappa shape index (κ1) is 11.6. The maximum atomic E-state index is 5.75. The molecule has 0 amide bonds. The molecule has 84 valence electrons. The summed E-state index contributed by atoms with van der Waals surface area (Å²) >= 11 is 0. The highest BCUT2D eigenvalue weighted by Gasteiger charge is 2.07. The molecular formula is C11H19N3O. The molecule has 0 radical (unpaired) electrons. The average molecular weight is 209 g/mol. The van der Waals surface area contributed by atoms with Gasteiger partial charge >= 0.3 is 0 Å². The maximum Gasteiger partial charge on any atom is 0.239 e. The van der Waals surface area contributed by atoms with Crippen LogP contribution in [0, 0.1) is 0 Å². The molecule has 0 aliphatic heterocycles. The van der Waals surface area contributed by atoms with Gasteiger partial charge in [0.1, 0.15) is 5.82 Å². The van der Waals surface area contributed by atoms with Gasteiger partial charge in [0.15, 0.2) is 0 Å². The van der Waals surface area contributed by atoms with E-state index in [0.29, 0.717) is 18.2 Å². The second kappa shape index (κ2) is 5.44. The lowest BCUT2D eigenvalue weighted by Gasteiger charge is -2.20. The fourth-order valence-corrected chi connectivity index (χ4v) is 1.42. The van der Waals surface area contributed by atoms with Crippen molar-refractivity contribution in [3.63, 3.8) is 0 Å². The number of nitrogen functional groups attached to an aromatic ring is 1. The summed E-state index contributed by atoms with van der Waals surface area (Å²) in [5.74, 6) is 1.44. The second-order valence-electron chi connectivity index (χ2n) is 3.17. The third kappa shape index (κ3) is 2.75. The Balaban J connectivity index is 2.95. The van der Waals surface area contributed by atoms with Crippen LogP contribution in [0.3, 0.4) is 0 Å². The quantitative estimate of drug-likeness (QED) is 0.804. The number of hydrogen-bond acceptors (Lipinski definition) is 4. The second-order valence-corrected chi connectivity index (χ2v) is 3.17. The summed E-state index contributed by atoms with van der Waals surface area (Å²) in [7, 11) is 0. The molecule has 0 atom stereocenters. The van der Waals surface area contributed by atoms with Crippen LogP contribution in [0.25, 0.3) is 0 Å². The monoisotopic (exact) mass is 209 g/mol. The van der Waals surface area contributed by atoms with E-state index in [0.717, 1.165) is 18.9 Å². The first-order chi connectivity index (χ1) is 7.22. The molecule has 1 rings (SSSR count). The van der Waals surface area contributed by atoms with Gasteiger partial charge < -0.3 is 15.4 Å². The third-order valence-corrected chi connectivity index (χ3v) is 2.24. The number of nitrogens with zero attached hydrogens (tertiary/aromatic N) is 2. The van der Waals surface area contributed by atoms with E-state index in [1.54, 1.807) is 0 Å². The van der Waals surface area contributed by atoms with Crippen molar-refractivity contribution in [3.8, 4) is 5.88 Å². The van der Waals surface area contributed by atoms with Crippen LogP contribution in [0.4, 0.5) is 11.5 Å². The maximum absolute atomic E-state index is 5.75. The van der Waals surface area contributed by atoms with Gasteiger partial charge in [0.2, 0.25) is 5.88 Å². The molecule has 4 heteroatoms. The molecule has 0 spiro atoms. The van der Waals surface area contributed by atoms with Gasteiger partial charge in [-0.2, -0.15) is 4.98 Å². The molecule has 0 bridgehead atoms. The van der Waals surface area contributed by atoms with Crippen molar-refractivity contribution in [1.29, 1.82) is 0 Å². The van der Waals surface area contributed by atoms with Gasteiger partial charge in [-0.25, -0.2) is 0 Å². The Morgan fingerprint density at radius 3 is 2.47 bits per heavy atom. The summed E-state index contributed by atoms with van der Waals surface area (Å²) in [6.07, 6.45) is 0. The molecule has 0 saturated carbocycles. The fourth-order valence-electron chi connectivity index (χ4n) is 1.42. The van der Waals surface area contributed by atoms with E-state index >= 15 is 0 Å². The summed E-state index contributed by atoms with van der Waals surface area (Å²) in [5.41, 5.74) is 6.34. The van der Waals surface area contributed by atoms with E-state index in [2.05, 4.69) is 23.7 Å². The molecule has 2 N–H and O–H groups in total. The molecular weight excluding hydrogens is 190 g/mol. The molecule has 4 nitrogen and oxygen atoms in total. The van der Waals surface area contributed by atoms with Crippen LogP contribution in [0.5, 0.6) is 5.88 Å². The summed E-state index contributed by atoms with van der Waals surface area (Å²) < 4.78 is 5.35. The summed E-state index contributed by atoms with van der Waals surface area (Å²) in [4.78, 5) is 6.54. The predicted molar refractivity (Wildman–Crippen MR) is 63.4 cm³/mol. The lowest BCUT2D eigenvalue weighted by Crippen LogP contribution is -2.23. The zero-order valence-corrected chi connectivity index (χ0v) is 9.66. The number of hydrogen-bond donors (Lipinski definition) is 1. The van der Waals surface area contributed by atoms with Crippen LogP contribution >= 0.6 is 0 Å². The van der Waals surface area contributed by atoms with Crippen LogP contribution in [-0.4, -0.2) is 24.7 Å². The Morgan fingerprint density at radius 1 is 1.27 bits per heavy atom. The molecule has 0 fully saturated rings. The van der Waals surface area contributed by atoms with E-state index in [-0.39, 0.29) is 0 Å². The van der Waals surface area contributed by atoms with Crippen LogP contribution < -0.4 is 15.4 Å². The first-order valence-corrected chi connectivity index (χ1v) is 5.37. The first-order valence-electron chi connectivity index (χ1n) is 5.37. The van der Waals surface area contributed by atoms with Crippen molar-refractivity contribution in [2.45, 2.75) is 20.8 Å². The fraction of sp³-hybridized carbons (Fsp3) is 0.545. The van der Waals surface area contributed by atoms with Gasteiger partial charge in [-0.15, -0.1) is 0 Å². The minimum atomic E-state index is 0.530. The van der Waals surface area contributed by atoms with Crippen molar-refractivity contribution in [3.05, 3.63) is 12.1 Å². The Labute approximate surface area is 91.1 Å². The molecule has 0 aliphatic rings. The average Bonchev–Trinajstić information content (AvgIpc) is 2.25. The van der Waals surface area contributed by atoms with Gasteiger partial charge in [-0.1, -0.05) is 0 Å². The van der Waals surface area contributed by atoms with Crippen LogP contribution in [0.2, 0.25) is 0 Å². The molecule has 1 aromatic rings. The number of anilines is 2. The van der Waals surface area contributed by atoms with Crippen LogP contribution in [-0.2, 0) is 0 Å². The Kier molecular flexibility index (Phi) is 4.21. The normalized spacial score (nSPS) is 10.1. The largest absolute Gasteiger partial charge is 0.476 e. The van der Waals surface area contributed by atoms with Crippen LogP contribution in [0.1, 0.15) is 20.8 Å². The topological polar surface area (TPSA) is 51.4 Å². The third-order valence-electron chi connectivity index (χ3n) is 2.24. The highest BCUT2D eigenvalue weighted by molar-refractivity contribution is 5.54. The van der Waals surface area contributed by atoms with Crippen molar-refractivity contribution >= 4 is 11.5 Å². The lowest BCUT2D eigenvalue weighted by molar-refractivity contribution is 0.329. The van der Waals surface area contributed by atoms with E-state index in [1.807, 2.05) is 19.1 Å².